The second-order valence-electron chi connectivity index (χ2n) is 9.85. The quantitative estimate of drug-likeness (QED) is 0.608. The average molecular weight is 327 g/mol. The standard InChI is InChI=1S/C20H42N2O/c1-11-18(5,6)13-20(9,10)17(23)21-14-19(7,8)12-16(4)22-15(2)3/h15-16,22H,11-14H2,1-10H3,(H,21,23). The Bertz CT molecular complexity index is 370. The lowest BCUT2D eigenvalue weighted by Crippen LogP contribution is -2.45. The van der Waals surface area contributed by atoms with Gasteiger partial charge in [0.15, 0.2) is 0 Å². The topological polar surface area (TPSA) is 41.1 Å². The molecule has 23 heavy (non-hydrogen) atoms. The van der Waals surface area contributed by atoms with Crippen molar-refractivity contribution in [3.05, 3.63) is 0 Å². The monoisotopic (exact) mass is 326 g/mol. The Morgan fingerprint density at radius 2 is 1.48 bits per heavy atom. The molecule has 0 aromatic carbocycles. The van der Waals surface area contributed by atoms with Crippen LogP contribution < -0.4 is 10.6 Å². The largest absolute Gasteiger partial charge is 0.355 e. The summed E-state index contributed by atoms with van der Waals surface area (Å²) in [6, 6.07) is 0.944. The zero-order valence-corrected chi connectivity index (χ0v) is 17.4. The van der Waals surface area contributed by atoms with Crippen LogP contribution in [0.3, 0.4) is 0 Å². The summed E-state index contributed by atoms with van der Waals surface area (Å²) in [5, 5.41) is 6.74. The van der Waals surface area contributed by atoms with Crippen molar-refractivity contribution in [2.24, 2.45) is 16.2 Å². The van der Waals surface area contributed by atoms with Crippen molar-refractivity contribution in [3.8, 4) is 0 Å². The molecule has 0 saturated heterocycles. The van der Waals surface area contributed by atoms with E-state index in [0.29, 0.717) is 12.1 Å². The zero-order chi connectivity index (χ0) is 18.5. The number of nitrogens with one attached hydrogen (secondary N) is 2. The first kappa shape index (κ1) is 22.4. The van der Waals surface area contributed by atoms with Crippen LogP contribution in [0, 0.1) is 16.2 Å². The van der Waals surface area contributed by atoms with Gasteiger partial charge in [-0.3, -0.25) is 4.79 Å². The Morgan fingerprint density at radius 1 is 0.957 bits per heavy atom. The van der Waals surface area contributed by atoms with Gasteiger partial charge in [0.05, 0.1) is 0 Å². The van der Waals surface area contributed by atoms with Gasteiger partial charge in [0.25, 0.3) is 0 Å². The van der Waals surface area contributed by atoms with E-state index in [9.17, 15) is 4.79 Å². The third-order valence-electron chi connectivity index (χ3n) is 4.70. The summed E-state index contributed by atoms with van der Waals surface area (Å²) in [5.41, 5.74) is -0.0310. The van der Waals surface area contributed by atoms with Gasteiger partial charge in [-0.05, 0) is 30.6 Å². The summed E-state index contributed by atoms with van der Waals surface area (Å²) in [7, 11) is 0. The highest BCUT2D eigenvalue weighted by Gasteiger charge is 2.34. The highest BCUT2D eigenvalue weighted by Crippen LogP contribution is 2.36. The van der Waals surface area contributed by atoms with E-state index in [1.807, 2.05) is 0 Å². The fourth-order valence-electron chi connectivity index (χ4n) is 3.49. The molecule has 0 rings (SSSR count). The molecule has 3 nitrogen and oxygen atoms in total. The molecule has 0 spiro atoms. The van der Waals surface area contributed by atoms with Gasteiger partial charge >= 0.3 is 0 Å². The molecule has 0 bridgehead atoms. The molecule has 0 aliphatic heterocycles. The van der Waals surface area contributed by atoms with Crippen LogP contribution in [0.5, 0.6) is 0 Å². The third kappa shape index (κ3) is 9.34. The van der Waals surface area contributed by atoms with Crippen molar-refractivity contribution >= 4 is 5.91 Å². The van der Waals surface area contributed by atoms with E-state index in [4.69, 9.17) is 0 Å². The summed E-state index contributed by atoms with van der Waals surface area (Å²) in [4.78, 5) is 12.6. The van der Waals surface area contributed by atoms with Gasteiger partial charge in [0.1, 0.15) is 0 Å². The molecule has 0 fully saturated rings. The normalized spacial score (nSPS) is 14.9. The lowest BCUT2D eigenvalue weighted by molar-refractivity contribution is -0.131. The van der Waals surface area contributed by atoms with Gasteiger partial charge in [-0.1, -0.05) is 68.7 Å². The predicted octanol–water partition coefficient (Wildman–Crippen LogP) is 4.76. The molecule has 0 aromatic heterocycles. The Balaban J connectivity index is 4.55. The Hall–Kier alpha value is -0.570. The number of carbonyl (C=O) groups is 1. The van der Waals surface area contributed by atoms with Gasteiger partial charge in [-0.25, -0.2) is 0 Å². The Kier molecular flexibility index (Phi) is 8.29. The Labute approximate surface area is 145 Å². The first-order valence-electron chi connectivity index (χ1n) is 9.25. The molecule has 0 aliphatic rings. The second kappa shape index (κ2) is 8.50. The van der Waals surface area contributed by atoms with E-state index in [1.165, 1.54) is 0 Å². The van der Waals surface area contributed by atoms with E-state index in [2.05, 4.69) is 79.9 Å². The van der Waals surface area contributed by atoms with E-state index >= 15 is 0 Å². The number of rotatable bonds is 10. The van der Waals surface area contributed by atoms with Crippen molar-refractivity contribution in [3.63, 3.8) is 0 Å². The number of amides is 1. The molecule has 0 heterocycles. The molecular formula is C20H42N2O. The van der Waals surface area contributed by atoms with E-state index < -0.39 is 0 Å². The van der Waals surface area contributed by atoms with E-state index in [-0.39, 0.29) is 22.2 Å². The number of hydrogen-bond acceptors (Lipinski definition) is 2. The number of hydrogen-bond donors (Lipinski definition) is 2. The van der Waals surface area contributed by atoms with E-state index in [0.717, 1.165) is 25.8 Å². The lowest BCUT2D eigenvalue weighted by Gasteiger charge is -2.35. The first-order valence-corrected chi connectivity index (χ1v) is 9.25. The second-order valence-corrected chi connectivity index (χ2v) is 9.85. The third-order valence-corrected chi connectivity index (χ3v) is 4.70. The molecule has 0 saturated carbocycles. The molecule has 0 radical (unpaired) electrons. The maximum Gasteiger partial charge on any atom is 0.225 e. The molecule has 0 aromatic rings. The van der Waals surface area contributed by atoms with Crippen molar-refractivity contribution in [2.75, 3.05) is 6.54 Å². The first-order chi connectivity index (χ1) is 10.2. The van der Waals surface area contributed by atoms with Crippen molar-refractivity contribution in [1.29, 1.82) is 0 Å². The summed E-state index contributed by atoms with van der Waals surface area (Å²) in [5.74, 6) is 0.177. The minimum absolute atomic E-state index is 0.0906. The van der Waals surface area contributed by atoms with Gasteiger partial charge in [-0.15, -0.1) is 0 Å². The highest BCUT2D eigenvalue weighted by molar-refractivity contribution is 5.81. The van der Waals surface area contributed by atoms with Crippen LogP contribution in [-0.4, -0.2) is 24.5 Å². The molecule has 0 aliphatic carbocycles. The van der Waals surface area contributed by atoms with Gasteiger partial charge in [0, 0.05) is 24.0 Å². The minimum atomic E-state index is -0.322. The molecular weight excluding hydrogens is 284 g/mol. The van der Waals surface area contributed by atoms with Gasteiger partial charge in [0.2, 0.25) is 5.91 Å². The maximum atomic E-state index is 12.6. The summed E-state index contributed by atoms with van der Waals surface area (Å²) in [6.45, 7) is 22.6. The maximum absolute atomic E-state index is 12.6. The van der Waals surface area contributed by atoms with Crippen molar-refractivity contribution in [1.82, 2.24) is 10.6 Å². The lowest BCUT2D eigenvalue weighted by atomic mass is 9.73. The van der Waals surface area contributed by atoms with Gasteiger partial charge in [-0.2, -0.15) is 0 Å². The fraction of sp³-hybridized carbons (Fsp3) is 0.950. The summed E-state index contributed by atoms with van der Waals surface area (Å²) >= 11 is 0. The van der Waals surface area contributed by atoms with Crippen LogP contribution in [0.2, 0.25) is 0 Å². The van der Waals surface area contributed by atoms with E-state index in [1.54, 1.807) is 0 Å². The molecule has 3 heteroatoms. The summed E-state index contributed by atoms with van der Waals surface area (Å²) in [6.07, 6.45) is 3.05. The van der Waals surface area contributed by atoms with Crippen LogP contribution in [0.4, 0.5) is 0 Å². The zero-order valence-electron chi connectivity index (χ0n) is 17.4. The minimum Gasteiger partial charge on any atom is -0.355 e. The van der Waals surface area contributed by atoms with Crippen LogP contribution in [0.15, 0.2) is 0 Å². The number of carbonyl (C=O) groups excluding carboxylic acids is 1. The SMILES string of the molecule is CCC(C)(C)CC(C)(C)C(=O)NCC(C)(C)CC(C)NC(C)C. The smallest absolute Gasteiger partial charge is 0.225 e. The predicted molar refractivity (Wildman–Crippen MR) is 102 cm³/mol. The highest BCUT2D eigenvalue weighted by atomic mass is 16.2. The van der Waals surface area contributed by atoms with Crippen molar-refractivity contribution in [2.45, 2.75) is 101 Å². The molecule has 1 unspecified atom stereocenters. The van der Waals surface area contributed by atoms with Crippen LogP contribution in [-0.2, 0) is 4.79 Å². The van der Waals surface area contributed by atoms with Crippen LogP contribution in [0.25, 0.3) is 0 Å². The fourth-order valence-corrected chi connectivity index (χ4v) is 3.49. The van der Waals surface area contributed by atoms with Gasteiger partial charge < -0.3 is 10.6 Å². The molecule has 2 N–H and O–H groups in total. The molecule has 1 atom stereocenters. The van der Waals surface area contributed by atoms with Crippen LogP contribution in [0.1, 0.15) is 88.5 Å². The summed E-state index contributed by atoms with van der Waals surface area (Å²) < 4.78 is 0. The van der Waals surface area contributed by atoms with Crippen molar-refractivity contribution < 1.29 is 4.79 Å². The molecule has 1 amide bonds. The van der Waals surface area contributed by atoms with Crippen LogP contribution >= 0.6 is 0 Å². The Morgan fingerprint density at radius 3 is 1.91 bits per heavy atom. The molecule has 138 valence electrons. The average Bonchev–Trinajstić information content (AvgIpc) is 2.32.